The van der Waals surface area contributed by atoms with Gasteiger partial charge < -0.3 is 14.7 Å². The van der Waals surface area contributed by atoms with Crippen LogP contribution in [0.3, 0.4) is 0 Å². The first-order valence-corrected chi connectivity index (χ1v) is 8.85. The summed E-state index contributed by atoms with van der Waals surface area (Å²) in [6, 6.07) is 7.65. The summed E-state index contributed by atoms with van der Waals surface area (Å²) in [6.07, 6.45) is 3.66. The maximum atomic E-state index is 12.3. The van der Waals surface area contributed by atoms with Crippen LogP contribution < -0.4 is 9.64 Å². The number of aromatic nitrogens is 2. The van der Waals surface area contributed by atoms with E-state index in [-0.39, 0.29) is 0 Å². The minimum Gasteiger partial charge on any atom is -0.497 e. The van der Waals surface area contributed by atoms with Crippen LogP contribution in [0, 0.1) is 19.3 Å². The largest absolute Gasteiger partial charge is 0.497 e. The Kier molecular flexibility index (Phi) is 5.11. The molecule has 0 unspecified atom stereocenters. The van der Waals surface area contributed by atoms with E-state index in [2.05, 4.69) is 14.9 Å². The average Bonchev–Trinajstić information content (AvgIpc) is 2.64. The highest BCUT2D eigenvalue weighted by Gasteiger charge is 2.43. The van der Waals surface area contributed by atoms with Crippen molar-refractivity contribution in [1.82, 2.24) is 9.97 Å². The maximum Gasteiger partial charge on any atom is 0.311 e. The van der Waals surface area contributed by atoms with Crippen LogP contribution >= 0.6 is 0 Å². The van der Waals surface area contributed by atoms with Crippen LogP contribution in [0.25, 0.3) is 0 Å². The molecule has 138 valence electrons. The zero-order valence-electron chi connectivity index (χ0n) is 15.5. The van der Waals surface area contributed by atoms with Gasteiger partial charge in [-0.15, -0.1) is 0 Å². The molecule has 0 aliphatic carbocycles. The smallest absolute Gasteiger partial charge is 0.311 e. The van der Waals surface area contributed by atoms with Crippen LogP contribution in [0.1, 0.15) is 29.8 Å². The number of aryl methyl sites for hydroxylation is 2. The first kappa shape index (κ1) is 18.2. The first-order chi connectivity index (χ1) is 12.4. The zero-order valence-corrected chi connectivity index (χ0v) is 15.5. The molecule has 0 spiro atoms. The molecule has 1 aromatic heterocycles. The van der Waals surface area contributed by atoms with Crippen molar-refractivity contribution in [2.75, 3.05) is 25.1 Å². The topological polar surface area (TPSA) is 75.6 Å². The fourth-order valence-electron chi connectivity index (χ4n) is 3.70. The lowest BCUT2D eigenvalue weighted by atomic mass is 9.75. The van der Waals surface area contributed by atoms with Crippen molar-refractivity contribution in [3.05, 3.63) is 47.4 Å². The van der Waals surface area contributed by atoms with Gasteiger partial charge in [-0.2, -0.15) is 0 Å². The lowest BCUT2D eigenvalue weighted by Gasteiger charge is -2.41. The first-order valence-electron chi connectivity index (χ1n) is 8.85. The van der Waals surface area contributed by atoms with Gasteiger partial charge in [0, 0.05) is 19.3 Å². The van der Waals surface area contributed by atoms with E-state index in [1.165, 1.54) is 0 Å². The number of carboxylic acid groups (broad SMARTS) is 1. The van der Waals surface area contributed by atoms with Crippen molar-refractivity contribution in [1.29, 1.82) is 0 Å². The summed E-state index contributed by atoms with van der Waals surface area (Å²) in [5, 5.41) is 10.1. The zero-order chi connectivity index (χ0) is 18.7. The molecule has 1 aromatic carbocycles. The van der Waals surface area contributed by atoms with E-state index in [4.69, 9.17) is 4.74 Å². The fourth-order valence-corrected chi connectivity index (χ4v) is 3.70. The Labute approximate surface area is 153 Å². The van der Waals surface area contributed by atoms with Crippen LogP contribution in [-0.4, -0.2) is 41.2 Å². The average molecular weight is 355 g/mol. The molecule has 6 nitrogen and oxygen atoms in total. The van der Waals surface area contributed by atoms with Crippen molar-refractivity contribution >= 4 is 11.8 Å². The normalized spacial score (nSPS) is 20.0. The summed E-state index contributed by atoms with van der Waals surface area (Å²) < 4.78 is 5.28. The van der Waals surface area contributed by atoms with Gasteiger partial charge in [-0.1, -0.05) is 12.1 Å². The predicted molar refractivity (Wildman–Crippen MR) is 99.7 cm³/mol. The number of carbonyl (C=O) groups is 1. The Morgan fingerprint density at radius 3 is 2.92 bits per heavy atom. The quantitative estimate of drug-likeness (QED) is 0.888. The number of benzene rings is 1. The Morgan fingerprint density at radius 1 is 1.38 bits per heavy atom. The highest BCUT2D eigenvalue weighted by atomic mass is 16.5. The SMILES string of the molecule is COc1cccc(C[C@@]2(C(=O)O)CCCN(c3nc(C)cnc3C)C2)c1. The third-order valence-corrected chi connectivity index (χ3v) is 5.06. The lowest BCUT2D eigenvalue weighted by Crippen LogP contribution is -2.49. The molecule has 1 N–H and O–H groups in total. The third kappa shape index (κ3) is 3.64. The number of ether oxygens (including phenoxy) is 1. The van der Waals surface area contributed by atoms with Crippen LogP contribution in [0.4, 0.5) is 5.82 Å². The molecular weight excluding hydrogens is 330 g/mol. The lowest BCUT2D eigenvalue weighted by molar-refractivity contribution is -0.149. The van der Waals surface area contributed by atoms with Crippen molar-refractivity contribution in [3.8, 4) is 5.75 Å². The van der Waals surface area contributed by atoms with Crippen molar-refractivity contribution in [3.63, 3.8) is 0 Å². The predicted octanol–water partition coefficient (Wildman–Crippen LogP) is 3.02. The van der Waals surface area contributed by atoms with Gasteiger partial charge in [-0.05, 0) is 50.8 Å². The molecule has 1 aliphatic heterocycles. The molecule has 0 amide bonds. The number of nitrogens with zero attached hydrogens (tertiary/aromatic N) is 3. The third-order valence-electron chi connectivity index (χ3n) is 5.06. The van der Waals surface area contributed by atoms with Crippen LogP contribution in [0.5, 0.6) is 5.75 Å². The molecule has 26 heavy (non-hydrogen) atoms. The number of aliphatic carboxylic acids is 1. The van der Waals surface area contributed by atoms with Gasteiger partial charge >= 0.3 is 5.97 Å². The van der Waals surface area contributed by atoms with Gasteiger partial charge in [-0.25, -0.2) is 4.98 Å². The second kappa shape index (κ2) is 7.32. The summed E-state index contributed by atoms with van der Waals surface area (Å²) in [4.78, 5) is 23.3. The number of carboxylic acids is 1. The van der Waals surface area contributed by atoms with Crippen LogP contribution in [-0.2, 0) is 11.2 Å². The molecule has 0 saturated carbocycles. The van der Waals surface area contributed by atoms with Gasteiger partial charge in [0.25, 0.3) is 0 Å². The van der Waals surface area contributed by atoms with Crippen molar-refractivity contribution < 1.29 is 14.6 Å². The summed E-state index contributed by atoms with van der Waals surface area (Å²) in [7, 11) is 1.62. The Morgan fingerprint density at radius 2 is 2.19 bits per heavy atom. The van der Waals surface area contributed by atoms with Crippen molar-refractivity contribution in [2.45, 2.75) is 33.1 Å². The number of rotatable bonds is 5. The molecule has 6 heteroatoms. The van der Waals surface area contributed by atoms with Gasteiger partial charge in [0.1, 0.15) is 11.6 Å². The number of piperidine rings is 1. The molecule has 2 aromatic rings. The number of hydrogen-bond acceptors (Lipinski definition) is 5. The molecule has 1 atom stereocenters. The molecule has 1 aliphatic rings. The number of hydrogen-bond donors (Lipinski definition) is 1. The van der Waals surface area contributed by atoms with E-state index < -0.39 is 11.4 Å². The van der Waals surface area contributed by atoms with Crippen LogP contribution in [0.2, 0.25) is 0 Å². The minimum absolute atomic E-state index is 0.429. The standard InChI is InChI=1S/C20H25N3O3/c1-14-12-21-15(2)18(22-14)23-9-5-8-20(13-23,19(24)25)11-16-6-4-7-17(10-16)26-3/h4,6-7,10,12H,5,8-9,11,13H2,1-3H3,(H,24,25)/t20-/m0/s1. The molecule has 2 heterocycles. The van der Waals surface area contributed by atoms with E-state index in [1.54, 1.807) is 13.3 Å². The molecule has 0 radical (unpaired) electrons. The Balaban J connectivity index is 1.91. The molecular formula is C20H25N3O3. The summed E-state index contributed by atoms with van der Waals surface area (Å²) in [5.41, 5.74) is 1.80. The monoisotopic (exact) mass is 355 g/mol. The van der Waals surface area contributed by atoms with E-state index in [0.29, 0.717) is 19.4 Å². The van der Waals surface area contributed by atoms with E-state index >= 15 is 0 Å². The molecule has 1 fully saturated rings. The van der Waals surface area contributed by atoms with Gasteiger partial charge in [0.15, 0.2) is 0 Å². The van der Waals surface area contributed by atoms with Crippen LogP contribution in [0.15, 0.2) is 30.5 Å². The van der Waals surface area contributed by atoms with Crippen molar-refractivity contribution in [2.24, 2.45) is 5.41 Å². The molecule has 3 rings (SSSR count). The second-order valence-electron chi connectivity index (χ2n) is 7.06. The highest BCUT2D eigenvalue weighted by Crippen LogP contribution is 2.36. The number of anilines is 1. The van der Waals surface area contributed by atoms with Gasteiger partial charge in [-0.3, -0.25) is 9.78 Å². The summed E-state index contributed by atoms with van der Waals surface area (Å²) in [6.45, 7) is 5.05. The van der Waals surface area contributed by atoms with Gasteiger partial charge in [0.05, 0.1) is 23.9 Å². The minimum atomic E-state index is -0.845. The van der Waals surface area contributed by atoms with E-state index in [0.717, 1.165) is 41.5 Å². The molecule has 1 saturated heterocycles. The second-order valence-corrected chi connectivity index (χ2v) is 7.06. The Hall–Kier alpha value is -2.63. The maximum absolute atomic E-state index is 12.3. The highest BCUT2D eigenvalue weighted by molar-refractivity contribution is 5.76. The summed E-state index contributed by atoms with van der Waals surface area (Å²) >= 11 is 0. The number of methoxy groups -OCH3 is 1. The Bertz CT molecular complexity index is 809. The summed E-state index contributed by atoms with van der Waals surface area (Å²) in [5.74, 6) is 0.778. The van der Waals surface area contributed by atoms with E-state index in [9.17, 15) is 9.90 Å². The van der Waals surface area contributed by atoms with E-state index in [1.807, 2.05) is 38.1 Å². The van der Waals surface area contributed by atoms with Gasteiger partial charge in [0.2, 0.25) is 0 Å². The fraction of sp³-hybridized carbons (Fsp3) is 0.450. The molecule has 0 bridgehead atoms.